The minimum absolute atomic E-state index is 0.154. The molecule has 0 aromatic carbocycles. The van der Waals surface area contributed by atoms with Gasteiger partial charge in [0.1, 0.15) is 5.82 Å². The molecule has 0 saturated heterocycles. The molecule has 7 nitrogen and oxygen atoms in total. The number of nitrogens with one attached hydrogen (secondary N) is 2. The van der Waals surface area contributed by atoms with Gasteiger partial charge in [-0.3, -0.25) is 14.6 Å². The Morgan fingerprint density at radius 2 is 2.21 bits per heavy atom. The van der Waals surface area contributed by atoms with Crippen LogP contribution in [0.3, 0.4) is 0 Å². The number of aryl methyl sites for hydroxylation is 1. The van der Waals surface area contributed by atoms with Gasteiger partial charge >= 0.3 is 0 Å². The molecule has 0 bridgehead atoms. The van der Waals surface area contributed by atoms with Crippen LogP contribution in [0.5, 0.6) is 0 Å². The Bertz CT molecular complexity index is 577. The average molecular weight is 262 g/mol. The van der Waals surface area contributed by atoms with E-state index in [1.807, 2.05) is 40.1 Å². The van der Waals surface area contributed by atoms with Gasteiger partial charge in [0.05, 0.1) is 12.2 Å². The summed E-state index contributed by atoms with van der Waals surface area (Å²) < 4.78 is 1.69. The third-order valence-corrected chi connectivity index (χ3v) is 2.60. The smallest absolute Gasteiger partial charge is 0.291 e. The van der Waals surface area contributed by atoms with Gasteiger partial charge in [-0.2, -0.15) is 5.10 Å². The Kier molecular flexibility index (Phi) is 3.37. The fourth-order valence-electron chi connectivity index (χ4n) is 1.51. The molecule has 0 radical (unpaired) electrons. The lowest BCUT2D eigenvalue weighted by Gasteiger charge is -2.12. The molecule has 2 rings (SSSR count). The van der Waals surface area contributed by atoms with Crippen molar-refractivity contribution in [1.82, 2.24) is 30.3 Å². The SMILES string of the molecule is Cn1ccc(CNC(=O)c2n[nH]c(C(C)(C)C)n2)n1. The third-order valence-electron chi connectivity index (χ3n) is 2.60. The van der Waals surface area contributed by atoms with E-state index in [2.05, 4.69) is 25.6 Å². The lowest BCUT2D eigenvalue weighted by atomic mass is 9.96. The molecule has 0 spiro atoms. The van der Waals surface area contributed by atoms with Crippen LogP contribution in [-0.4, -0.2) is 30.9 Å². The van der Waals surface area contributed by atoms with E-state index in [0.717, 1.165) is 5.69 Å². The Morgan fingerprint density at radius 1 is 1.47 bits per heavy atom. The summed E-state index contributed by atoms with van der Waals surface area (Å²) in [6.07, 6.45) is 1.83. The molecule has 7 heteroatoms. The van der Waals surface area contributed by atoms with Crippen molar-refractivity contribution in [2.24, 2.45) is 7.05 Å². The van der Waals surface area contributed by atoms with E-state index in [9.17, 15) is 4.79 Å². The van der Waals surface area contributed by atoms with Crippen molar-refractivity contribution in [3.63, 3.8) is 0 Å². The van der Waals surface area contributed by atoms with Crippen molar-refractivity contribution in [2.75, 3.05) is 0 Å². The zero-order valence-corrected chi connectivity index (χ0v) is 11.6. The summed E-state index contributed by atoms with van der Waals surface area (Å²) in [5.41, 5.74) is 0.634. The van der Waals surface area contributed by atoms with Gasteiger partial charge in [0.15, 0.2) is 0 Å². The van der Waals surface area contributed by atoms with E-state index in [4.69, 9.17) is 0 Å². The van der Waals surface area contributed by atoms with Crippen molar-refractivity contribution in [2.45, 2.75) is 32.7 Å². The molecule has 0 atom stereocenters. The highest BCUT2D eigenvalue weighted by Gasteiger charge is 2.21. The number of aromatic nitrogens is 5. The van der Waals surface area contributed by atoms with Crippen molar-refractivity contribution in [3.8, 4) is 0 Å². The monoisotopic (exact) mass is 262 g/mol. The summed E-state index contributed by atoms with van der Waals surface area (Å²) in [4.78, 5) is 16.1. The molecule has 2 aromatic heterocycles. The summed E-state index contributed by atoms with van der Waals surface area (Å²) in [7, 11) is 1.83. The van der Waals surface area contributed by atoms with Crippen molar-refractivity contribution in [3.05, 3.63) is 29.6 Å². The molecule has 0 aliphatic rings. The van der Waals surface area contributed by atoms with Crippen LogP contribution in [0, 0.1) is 0 Å². The van der Waals surface area contributed by atoms with Crippen molar-refractivity contribution >= 4 is 5.91 Å². The molecular formula is C12H18N6O. The topological polar surface area (TPSA) is 88.5 Å². The van der Waals surface area contributed by atoms with Crippen molar-refractivity contribution in [1.29, 1.82) is 0 Å². The van der Waals surface area contributed by atoms with Gasteiger partial charge in [0.2, 0.25) is 5.82 Å². The first-order valence-corrected chi connectivity index (χ1v) is 6.06. The molecule has 1 amide bonds. The van der Waals surface area contributed by atoms with Gasteiger partial charge in [0, 0.05) is 18.7 Å². The van der Waals surface area contributed by atoms with Crippen LogP contribution in [0.4, 0.5) is 0 Å². The summed E-state index contributed by atoms with van der Waals surface area (Å²) in [5.74, 6) is 0.536. The lowest BCUT2D eigenvalue weighted by Crippen LogP contribution is -2.24. The first-order valence-electron chi connectivity index (χ1n) is 6.06. The quantitative estimate of drug-likeness (QED) is 0.855. The normalized spacial score (nSPS) is 11.6. The zero-order chi connectivity index (χ0) is 14.0. The van der Waals surface area contributed by atoms with Crippen LogP contribution in [0.25, 0.3) is 0 Å². The molecule has 19 heavy (non-hydrogen) atoms. The number of carbonyl (C=O) groups excluding carboxylic acids is 1. The predicted octanol–water partition coefficient (Wildman–Crippen LogP) is 0.766. The number of nitrogens with zero attached hydrogens (tertiary/aromatic N) is 4. The average Bonchev–Trinajstić information content (AvgIpc) is 2.93. The maximum atomic E-state index is 11.9. The van der Waals surface area contributed by atoms with Gasteiger partial charge in [-0.25, -0.2) is 4.98 Å². The fourth-order valence-corrected chi connectivity index (χ4v) is 1.51. The number of carbonyl (C=O) groups is 1. The lowest BCUT2D eigenvalue weighted by molar-refractivity contribution is 0.0940. The largest absolute Gasteiger partial charge is 0.344 e. The molecule has 102 valence electrons. The highest BCUT2D eigenvalue weighted by atomic mass is 16.2. The number of amides is 1. The van der Waals surface area contributed by atoms with Crippen LogP contribution >= 0.6 is 0 Å². The number of hydrogen-bond donors (Lipinski definition) is 2. The van der Waals surface area contributed by atoms with Crippen LogP contribution in [-0.2, 0) is 19.0 Å². The van der Waals surface area contributed by atoms with Crippen molar-refractivity contribution < 1.29 is 4.79 Å². The second-order valence-electron chi connectivity index (χ2n) is 5.42. The summed E-state index contributed by atoms with van der Waals surface area (Å²) >= 11 is 0. The maximum absolute atomic E-state index is 11.9. The third kappa shape index (κ3) is 3.18. The van der Waals surface area contributed by atoms with Gasteiger partial charge in [-0.15, -0.1) is 5.10 Å². The van der Waals surface area contributed by atoms with Gasteiger partial charge < -0.3 is 5.32 Å². The van der Waals surface area contributed by atoms with E-state index in [1.54, 1.807) is 4.68 Å². The van der Waals surface area contributed by atoms with E-state index < -0.39 is 0 Å². The molecule has 0 aliphatic carbocycles. The van der Waals surface area contributed by atoms with E-state index in [-0.39, 0.29) is 17.1 Å². The molecule has 0 saturated carbocycles. The number of hydrogen-bond acceptors (Lipinski definition) is 4. The first-order chi connectivity index (χ1) is 8.86. The fraction of sp³-hybridized carbons (Fsp3) is 0.500. The van der Waals surface area contributed by atoms with Crippen LogP contribution in [0.1, 0.15) is 42.9 Å². The van der Waals surface area contributed by atoms with Crippen LogP contribution in [0.2, 0.25) is 0 Å². The maximum Gasteiger partial charge on any atom is 0.291 e. The minimum atomic E-state index is -0.308. The highest BCUT2D eigenvalue weighted by Crippen LogP contribution is 2.17. The minimum Gasteiger partial charge on any atom is -0.344 e. The summed E-state index contributed by atoms with van der Waals surface area (Å²) in [5, 5.41) is 13.6. The standard InChI is InChI=1S/C12H18N6O/c1-12(2,3)11-14-9(15-16-11)10(19)13-7-8-5-6-18(4)17-8/h5-6H,7H2,1-4H3,(H,13,19)(H,14,15,16). The second-order valence-corrected chi connectivity index (χ2v) is 5.42. The highest BCUT2D eigenvalue weighted by molar-refractivity contribution is 5.90. The number of rotatable bonds is 3. The van der Waals surface area contributed by atoms with E-state index in [1.165, 1.54) is 0 Å². The Balaban J connectivity index is 1.98. The van der Waals surface area contributed by atoms with Crippen LogP contribution < -0.4 is 5.32 Å². The van der Waals surface area contributed by atoms with Gasteiger partial charge in [-0.1, -0.05) is 20.8 Å². The Hall–Kier alpha value is -2.18. The Labute approximate surface area is 111 Å². The molecule has 2 N–H and O–H groups in total. The second kappa shape index (κ2) is 4.83. The number of H-pyrrole nitrogens is 1. The molecule has 2 heterocycles. The first kappa shape index (κ1) is 13.3. The molecule has 0 unspecified atom stereocenters. The predicted molar refractivity (Wildman–Crippen MR) is 69.5 cm³/mol. The van der Waals surface area contributed by atoms with Gasteiger partial charge in [0.25, 0.3) is 5.91 Å². The molecule has 2 aromatic rings. The molecule has 0 aliphatic heterocycles. The van der Waals surface area contributed by atoms with E-state index in [0.29, 0.717) is 12.4 Å². The molecular weight excluding hydrogens is 244 g/mol. The van der Waals surface area contributed by atoms with Gasteiger partial charge in [-0.05, 0) is 6.07 Å². The zero-order valence-electron chi connectivity index (χ0n) is 11.6. The van der Waals surface area contributed by atoms with E-state index >= 15 is 0 Å². The summed E-state index contributed by atoms with van der Waals surface area (Å²) in [6.45, 7) is 6.37. The molecule has 0 fully saturated rings. The summed E-state index contributed by atoms with van der Waals surface area (Å²) in [6, 6.07) is 1.85. The number of aromatic amines is 1. The van der Waals surface area contributed by atoms with Crippen LogP contribution in [0.15, 0.2) is 12.3 Å². The Morgan fingerprint density at radius 3 is 2.74 bits per heavy atom.